The third-order valence-corrected chi connectivity index (χ3v) is 4.94. The third-order valence-electron chi connectivity index (χ3n) is 4.94. The van der Waals surface area contributed by atoms with E-state index in [1.807, 2.05) is 12.1 Å². The highest BCUT2D eigenvalue weighted by Gasteiger charge is 2.32. The molecular formula is C22H24N2O5. The number of methoxy groups -OCH3 is 1. The smallest absolute Gasteiger partial charge is 0.326 e. The second-order valence-corrected chi connectivity index (χ2v) is 7.01. The summed E-state index contributed by atoms with van der Waals surface area (Å²) in [5, 5.41) is 12.2. The number of carbonyl (C=O) groups is 3. The van der Waals surface area contributed by atoms with Crippen LogP contribution >= 0.6 is 0 Å². The molecule has 1 unspecified atom stereocenters. The van der Waals surface area contributed by atoms with E-state index >= 15 is 0 Å². The van der Waals surface area contributed by atoms with Crippen molar-refractivity contribution in [1.29, 1.82) is 0 Å². The number of benzene rings is 2. The van der Waals surface area contributed by atoms with Gasteiger partial charge >= 0.3 is 5.97 Å². The molecule has 2 aromatic carbocycles. The van der Waals surface area contributed by atoms with E-state index in [9.17, 15) is 19.5 Å². The highest BCUT2D eigenvalue weighted by atomic mass is 16.5. The molecule has 1 heterocycles. The molecule has 2 aromatic rings. The number of likely N-dealkylation sites (tertiary alicyclic amines) is 1. The molecule has 7 nitrogen and oxygen atoms in total. The van der Waals surface area contributed by atoms with Crippen LogP contribution in [-0.2, 0) is 16.1 Å². The van der Waals surface area contributed by atoms with Gasteiger partial charge in [0.25, 0.3) is 11.8 Å². The van der Waals surface area contributed by atoms with Gasteiger partial charge in [0.2, 0.25) is 0 Å². The number of nitrogens with zero attached hydrogens (tertiary/aromatic N) is 1. The van der Waals surface area contributed by atoms with Gasteiger partial charge < -0.3 is 20.1 Å². The van der Waals surface area contributed by atoms with E-state index in [4.69, 9.17) is 4.74 Å². The van der Waals surface area contributed by atoms with E-state index in [0.29, 0.717) is 36.4 Å². The Labute approximate surface area is 169 Å². The lowest BCUT2D eigenvalue weighted by Crippen LogP contribution is -2.48. The van der Waals surface area contributed by atoms with Gasteiger partial charge in [-0.25, -0.2) is 4.79 Å². The summed E-state index contributed by atoms with van der Waals surface area (Å²) in [5.74, 6) is -1.61. The van der Waals surface area contributed by atoms with Crippen LogP contribution in [0.5, 0.6) is 0 Å². The fourth-order valence-corrected chi connectivity index (χ4v) is 3.45. The van der Waals surface area contributed by atoms with Gasteiger partial charge in [0, 0.05) is 30.5 Å². The van der Waals surface area contributed by atoms with Crippen molar-refractivity contribution in [3.8, 4) is 0 Å². The summed E-state index contributed by atoms with van der Waals surface area (Å²) >= 11 is 0. The van der Waals surface area contributed by atoms with Crippen LogP contribution < -0.4 is 5.32 Å². The van der Waals surface area contributed by atoms with Gasteiger partial charge in [-0.2, -0.15) is 0 Å². The fraction of sp³-hybridized carbons (Fsp3) is 0.318. The monoisotopic (exact) mass is 396 g/mol. The van der Waals surface area contributed by atoms with E-state index in [2.05, 4.69) is 5.32 Å². The van der Waals surface area contributed by atoms with Gasteiger partial charge in [0.05, 0.1) is 6.61 Å². The maximum absolute atomic E-state index is 12.9. The van der Waals surface area contributed by atoms with Crippen molar-refractivity contribution in [2.75, 3.05) is 19.0 Å². The summed E-state index contributed by atoms with van der Waals surface area (Å²) in [7, 11) is 1.61. The Kier molecular flexibility index (Phi) is 6.61. The number of aliphatic carboxylic acids is 1. The first-order chi connectivity index (χ1) is 14.0. The van der Waals surface area contributed by atoms with Crippen molar-refractivity contribution < 1.29 is 24.2 Å². The quantitative estimate of drug-likeness (QED) is 0.782. The molecule has 0 radical (unpaired) electrons. The number of carboxylic acid groups (broad SMARTS) is 1. The van der Waals surface area contributed by atoms with E-state index < -0.39 is 12.0 Å². The number of carbonyl (C=O) groups excluding carboxylic acids is 2. The van der Waals surface area contributed by atoms with Gasteiger partial charge in [-0.1, -0.05) is 18.2 Å². The Morgan fingerprint density at radius 1 is 1.10 bits per heavy atom. The Hall–Kier alpha value is -3.19. The van der Waals surface area contributed by atoms with E-state index in [0.717, 1.165) is 18.4 Å². The molecule has 1 aliphatic heterocycles. The minimum Gasteiger partial charge on any atom is -0.480 e. The van der Waals surface area contributed by atoms with Crippen molar-refractivity contribution in [3.05, 3.63) is 65.2 Å². The van der Waals surface area contributed by atoms with Gasteiger partial charge in [-0.15, -0.1) is 0 Å². The summed E-state index contributed by atoms with van der Waals surface area (Å²) in [6, 6.07) is 12.8. The van der Waals surface area contributed by atoms with Crippen molar-refractivity contribution >= 4 is 23.5 Å². The normalized spacial score (nSPS) is 16.3. The molecular weight excluding hydrogens is 372 g/mol. The predicted octanol–water partition coefficient (Wildman–Crippen LogP) is 3.16. The second-order valence-electron chi connectivity index (χ2n) is 7.01. The number of hydrogen-bond acceptors (Lipinski definition) is 4. The number of anilines is 1. The average molecular weight is 396 g/mol. The van der Waals surface area contributed by atoms with Crippen molar-refractivity contribution in [2.45, 2.75) is 31.9 Å². The first-order valence-electron chi connectivity index (χ1n) is 9.52. The number of ether oxygens (including phenoxy) is 1. The first-order valence-corrected chi connectivity index (χ1v) is 9.52. The lowest BCUT2D eigenvalue weighted by Gasteiger charge is -2.33. The molecule has 0 aromatic heterocycles. The molecule has 152 valence electrons. The highest BCUT2D eigenvalue weighted by Crippen LogP contribution is 2.21. The largest absolute Gasteiger partial charge is 0.480 e. The summed E-state index contributed by atoms with van der Waals surface area (Å²) < 4.78 is 5.06. The lowest BCUT2D eigenvalue weighted by molar-refractivity contribution is -0.143. The van der Waals surface area contributed by atoms with Crippen LogP contribution in [0.25, 0.3) is 0 Å². The maximum Gasteiger partial charge on any atom is 0.326 e. The SMILES string of the molecule is COCc1ccc(C(=O)Nc2cccc(C(=O)N3CCCCC3C(=O)O)c2)cc1. The Morgan fingerprint density at radius 3 is 2.55 bits per heavy atom. The van der Waals surface area contributed by atoms with E-state index in [1.165, 1.54) is 4.90 Å². The van der Waals surface area contributed by atoms with E-state index in [1.54, 1.807) is 43.5 Å². The van der Waals surface area contributed by atoms with Gasteiger partial charge in [-0.3, -0.25) is 9.59 Å². The van der Waals surface area contributed by atoms with Crippen molar-refractivity contribution in [3.63, 3.8) is 0 Å². The van der Waals surface area contributed by atoms with Crippen LogP contribution in [0, 0.1) is 0 Å². The van der Waals surface area contributed by atoms with Crippen LogP contribution in [0.4, 0.5) is 5.69 Å². The molecule has 0 aliphatic carbocycles. The molecule has 2 N–H and O–H groups in total. The number of rotatable bonds is 6. The van der Waals surface area contributed by atoms with E-state index in [-0.39, 0.29) is 11.8 Å². The molecule has 1 fully saturated rings. The Morgan fingerprint density at radius 2 is 1.86 bits per heavy atom. The zero-order valence-corrected chi connectivity index (χ0v) is 16.3. The molecule has 1 aliphatic rings. The number of amides is 2. The molecule has 0 bridgehead atoms. The van der Waals surface area contributed by atoms with Crippen LogP contribution in [0.1, 0.15) is 45.5 Å². The van der Waals surface area contributed by atoms with Crippen LogP contribution in [0.2, 0.25) is 0 Å². The molecule has 29 heavy (non-hydrogen) atoms. The topological polar surface area (TPSA) is 95.9 Å². The average Bonchev–Trinajstić information content (AvgIpc) is 2.74. The fourth-order valence-electron chi connectivity index (χ4n) is 3.45. The molecule has 1 saturated heterocycles. The van der Waals surface area contributed by atoms with Gasteiger partial charge in [0.1, 0.15) is 6.04 Å². The number of hydrogen-bond donors (Lipinski definition) is 2. The maximum atomic E-state index is 12.9. The summed E-state index contributed by atoms with van der Waals surface area (Å²) in [4.78, 5) is 38.2. The van der Waals surface area contributed by atoms with Crippen LogP contribution in [0.15, 0.2) is 48.5 Å². The molecule has 0 saturated carbocycles. The predicted molar refractivity (Wildman–Crippen MR) is 108 cm³/mol. The number of carboxylic acids is 1. The molecule has 3 rings (SSSR count). The van der Waals surface area contributed by atoms with Crippen LogP contribution in [-0.4, -0.2) is 47.5 Å². The number of nitrogens with one attached hydrogen (secondary N) is 1. The minimum atomic E-state index is -0.987. The number of piperidine rings is 1. The second kappa shape index (κ2) is 9.34. The first kappa shape index (κ1) is 20.5. The van der Waals surface area contributed by atoms with Gasteiger partial charge in [0.15, 0.2) is 0 Å². The summed E-state index contributed by atoms with van der Waals surface area (Å²) in [6.45, 7) is 0.889. The Bertz CT molecular complexity index is 894. The summed E-state index contributed by atoms with van der Waals surface area (Å²) in [6.07, 6.45) is 2.03. The lowest BCUT2D eigenvalue weighted by atomic mass is 10.0. The van der Waals surface area contributed by atoms with Gasteiger partial charge in [-0.05, 0) is 55.2 Å². The standard InChI is InChI=1S/C22H24N2O5/c1-29-14-15-8-10-16(11-9-15)20(25)23-18-6-4-5-17(13-18)21(26)24-12-3-2-7-19(24)22(27)28/h4-6,8-11,13,19H,2-3,7,12,14H2,1H3,(H,23,25)(H,27,28). The zero-order valence-electron chi connectivity index (χ0n) is 16.3. The molecule has 1 atom stereocenters. The Balaban J connectivity index is 1.72. The minimum absolute atomic E-state index is 0.292. The van der Waals surface area contributed by atoms with Crippen molar-refractivity contribution in [2.24, 2.45) is 0 Å². The third kappa shape index (κ3) is 5.00. The molecule has 0 spiro atoms. The summed E-state index contributed by atoms with van der Waals surface area (Å²) in [5.41, 5.74) is 2.28. The molecule has 2 amide bonds. The zero-order chi connectivity index (χ0) is 20.8. The van der Waals surface area contributed by atoms with Crippen molar-refractivity contribution in [1.82, 2.24) is 4.90 Å². The van der Waals surface area contributed by atoms with Crippen LogP contribution in [0.3, 0.4) is 0 Å². The molecule has 7 heteroatoms. The highest BCUT2D eigenvalue weighted by molar-refractivity contribution is 6.05.